The van der Waals surface area contributed by atoms with Crippen molar-refractivity contribution in [3.8, 4) is 0 Å². The first-order chi connectivity index (χ1) is 9.13. The van der Waals surface area contributed by atoms with Gasteiger partial charge in [0.25, 0.3) is 5.69 Å². The Morgan fingerprint density at radius 1 is 1.55 bits per heavy atom. The SMILES string of the molecule is CC(CC(N)=O)NS(=O)(=O)c1cc(Br)ccc1[N+](=O)[O-]. The van der Waals surface area contributed by atoms with Crippen molar-refractivity contribution in [3.63, 3.8) is 0 Å². The number of hydrogen-bond donors (Lipinski definition) is 2. The second-order valence-corrected chi connectivity index (χ2v) is 6.66. The molecule has 0 aliphatic rings. The van der Waals surface area contributed by atoms with Crippen molar-refractivity contribution >= 4 is 37.5 Å². The maximum atomic E-state index is 12.1. The Balaban J connectivity index is 3.18. The fourth-order valence-electron chi connectivity index (χ4n) is 1.53. The van der Waals surface area contributed by atoms with Gasteiger partial charge >= 0.3 is 0 Å². The number of sulfonamides is 1. The molecule has 0 bridgehead atoms. The van der Waals surface area contributed by atoms with E-state index in [0.717, 1.165) is 12.1 Å². The largest absolute Gasteiger partial charge is 0.370 e. The molecule has 10 heteroatoms. The van der Waals surface area contributed by atoms with Crippen LogP contribution in [0.25, 0.3) is 0 Å². The molecule has 0 aliphatic carbocycles. The molecule has 110 valence electrons. The molecule has 0 fully saturated rings. The number of nitro groups is 1. The number of primary amides is 1. The Kier molecular flexibility index (Phi) is 5.20. The summed E-state index contributed by atoms with van der Waals surface area (Å²) in [6.45, 7) is 1.44. The van der Waals surface area contributed by atoms with Gasteiger partial charge in [0.2, 0.25) is 15.9 Å². The van der Waals surface area contributed by atoms with Crippen LogP contribution in [0.15, 0.2) is 27.6 Å². The lowest BCUT2D eigenvalue weighted by atomic mass is 10.2. The Hall–Kier alpha value is -1.52. The Morgan fingerprint density at radius 3 is 2.65 bits per heavy atom. The van der Waals surface area contributed by atoms with Crippen LogP contribution in [0.2, 0.25) is 0 Å². The van der Waals surface area contributed by atoms with Crippen LogP contribution in [-0.2, 0) is 14.8 Å². The fraction of sp³-hybridized carbons (Fsp3) is 0.300. The maximum Gasteiger partial charge on any atom is 0.289 e. The van der Waals surface area contributed by atoms with Crippen LogP contribution in [0.5, 0.6) is 0 Å². The van der Waals surface area contributed by atoms with Crippen molar-refractivity contribution in [1.82, 2.24) is 4.72 Å². The van der Waals surface area contributed by atoms with E-state index in [0.29, 0.717) is 4.47 Å². The van der Waals surface area contributed by atoms with Gasteiger partial charge in [0, 0.05) is 23.0 Å². The van der Waals surface area contributed by atoms with E-state index in [1.54, 1.807) is 0 Å². The monoisotopic (exact) mass is 365 g/mol. The summed E-state index contributed by atoms with van der Waals surface area (Å²) in [6.07, 6.45) is -0.207. The van der Waals surface area contributed by atoms with Crippen LogP contribution in [-0.4, -0.2) is 25.3 Å². The highest BCUT2D eigenvalue weighted by Crippen LogP contribution is 2.27. The van der Waals surface area contributed by atoms with E-state index < -0.39 is 37.5 Å². The van der Waals surface area contributed by atoms with Crippen molar-refractivity contribution in [2.45, 2.75) is 24.3 Å². The van der Waals surface area contributed by atoms with Crippen molar-refractivity contribution in [2.75, 3.05) is 0 Å². The molecule has 0 heterocycles. The van der Waals surface area contributed by atoms with Crippen molar-refractivity contribution in [1.29, 1.82) is 0 Å². The van der Waals surface area contributed by atoms with Gasteiger partial charge < -0.3 is 5.73 Å². The molecule has 1 rings (SSSR count). The number of amides is 1. The second-order valence-electron chi connectivity index (χ2n) is 4.06. The number of nitrogens with one attached hydrogen (secondary N) is 1. The number of carbonyl (C=O) groups is 1. The number of halogens is 1. The van der Waals surface area contributed by atoms with E-state index in [2.05, 4.69) is 20.7 Å². The quantitative estimate of drug-likeness (QED) is 0.570. The molecule has 8 nitrogen and oxygen atoms in total. The average Bonchev–Trinajstić information content (AvgIpc) is 2.26. The zero-order chi connectivity index (χ0) is 15.5. The van der Waals surface area contributed by atoms with Gasteiger partial charge in [-0.05, 0) is 19.1 Å². The van der Waals surface area contributed by atoms with Crippen LogP contribution in [0.1, 0.15) is 13.3 Å². The van der Waals surface area contributed by atoms with Crippen LogP contribution in [0.4, 0.5) is 5.69 Å². The number of nitrogens with zero attached hydrogens (tertiary/aromatic N) is 1. The van der Waals surface area contributed by atoms with Gasteiger partial charge in [-0.2, -0.15) is 0 Å². The van der Waals surface area contributed by atoms with E-state index in [1.165, 1.54) is 13.0 Å². The van der Waals surface area contributed by atoms with E-state index in [4.69, 9.17) is 5.73 Å². The van der Waals surface area contributed by atoms with E-state index >= 15 is 0 Å². The highest BCUT2D eigenvalue weighted by Gasteiger charge is 2.27. The summed E-state index contributed by atoms with van der Waals surface area (Å²) in [5.74, 6) is -0.677. The van der Waals surface area contributed by atoms with Crippen molar-refractivity contribution < 1.29 is 18.1 Å². The molecule has 0 radical (unpaired) electrons. The zero-order valence-electron chi connectivity index (χ0n) is 10.4. The molecular weight excluding hydrogens is 354 g/mol. The van der Waals surface area contributed by atoms with Crippen LogP contribution < -0.4 is 10.5 Å². The molecule has 3 N–H and O–H groups in total. The number of hydrogen-bond acceptors (Lipinski definition) is 5. The summed E-state index contributed by atoms with van der Waals surface area (Å²) < 4.78 is 26.8. The Morgan fingerprint density at radius 2 is 2.15 bits per heavy atom. The summed E-state index contributed by atoms with van der Waals surface area (Å²) in [7, 11) is -4.13. The lowest BCUT2D eigenvalue weighted by Gasteiger charge is -2.12. The first-order valence-electron chi connectivity index (χ1n) is 5.38. The van der Waals surface area contributed by atoms with Crippen molar-refractivity contribution in [3.05, 3.63) is 32.8 Å². The minimum Gasteiger partial charge on any atom is -0.370 e. The van der Waals surface area contributed by atoms with Crippen molar-refractivity contribution in [2.24, 2.45) is 5.73 Å². The topological polar surface area (TPSA) is 132 Å². The van der Waals surface area contributed by atoms with Crippen LogP contribution >= 0.6 is 15.9 Å². The average molecular weight is 366 g/mol. The molecule has 0 saturated heterocycles. The molecule has 0 aromatic heterocycles. The van der Waals surface area contributed by atoms with E-state index in [9.17, 15) is 23.3 Å². The fourth-order valence-corrected chi connectivity index (χ4v) is 3.48. The summed E-state index contributed by atoms with van der Waals surface area (Å²) >= 11 is 3.06. The van der Waals surface area contributed by atoms with Gasteiger partial charge in [0.05, 0.1) is 4.92 Å². The lowest BCUT2D eigenvalue weighted by Crippen LogP contribution is -2.36. The molecule has 1 unspecified atom stereocenters. The molecule has 1 amide bonds. The minimum absolute atomic E-state index is 0.207. The molecule has 1 atom stereocenters. The van der Waals surface area contributed by atoms with E-state index in [1.807, 2.05) is 0 Å². The summed E-state index contributed by atoms with van der Waals surface area (Å²) in [5.41, 5.74) is 4.41. The smallest absolute Gasteiger partial charge is 0.289 e. The number of carbonyl (C=O) groups excluding carboxylic acids is 1. The predicted octanol–water partition coefficient (Wildman–Crippen LogP) is 0.899. The Bertz CT molecular complexity index is 646. The number of rotatable bonds is 6. The number of nitro benzene ring substituents is 1. The molecular formula is C10H12BrN3O5S. The van der Waals surface area contributed by atoms with Crippen LogP contribution in [0, 0.1) is 10.1 Å². The first kappa shape index (κ1) is 16.5. The highest BCUT2D eigenvalue weighted by atomic mass is 79.9. The molecule has 20 heavy (non-hydrogen) atoms. The van der Waals surface area contributed by atoms with Gasteiger partial charge in [-0.15, -0.1) is 0 Å². The molecule has 0 saturated carbocycles. The maximum absolute atomic E-state index is 12.1. The van der Waals surface area contributed by atoms with Gasteiger partial charge in [-0.25, -0.2) is 13.1 Å². The minimum atomic E-state index is -4.13. The highest BCUT2D eigenvalue weighted by molar-refractivity contribution is 9.10. The summed E-state index contributed by atoms with van der Waals surface area (Å²) in [6, 6.07) is 2.80. The summed E-state index contributed by atoms with van der Waals surface area (Å²) in [5, 5.41) is 10.9. The van der Waals surface area contributed by atoms with E-state index in [-0.39, 0.29) is 6.42 Å². The third-order valence-corrected chi connectivity index (χ3v) is 4.38. The first-order valence-corrected chi connectivity index (χ1v) is 7.65. The lowest BCUT2D eigenvalue weighted by molar-refractivity contribution is -0.387. The molecule has 0 spiro atoms. The van der Waals surface area contributed by atoms with Gasteiger partial charge in [-0.3, -0.25) is 14.9 Å². The predicted molar refractivity (Wildman–Crippen MR) is 74.4 cm³/mol. The molecule has 1 aromatic rings. The van der Waals surface area contributed by atoms with Gasteiger partial charge in [0.15, 0.2) is 4.90 Å². The zero-order valence-corrected chi connectivity index (χ0v) is 12.8. The third kappa shape index (κ3) is 4.25. The van der Waals surface area contributed by atoms with Gasteiger partial charge in [0.1, 0.15) is 0 Å². The normalized spacial score (nSPS) is 12.9. The standard InChI is InChI=1S/C10H12BrN3O5S/c1-6(4-10(12)15)13-20(18,19)9-5-7(11)2-3-8(9)14(16)17/h2-3,5-6,13H,4H2,1H3,(H2,12,15). The number of benzene rings is 1. The van der Waals surface area contributed by atoms with Gasteiger partial charge in [-0.1, -0.05) is 15.9 Å². The summed E-state index contributed by atoms with van der Waals surface area (Å²) in [4.78, 5) is 20.3. The molecule has 1 aromatic carbocycles. The van der Waals surface area contributed by atoms with Crippen LogP contribution in [0.3, 0.4) is 0 Å². The molecule has 0 aliphatic heterocycles. The Labute approximate surface area is 123 Å². The number of nitrogens with two attached hydrogens (primary N) is 1. The third-order valence-electron chi connectivity index (χ3n) is 2.27. The second kappa shape index (κ2) is 6.29.